The molecule has 0 radical (unpaired) electrons. The van der Waals surface area contributed by atoms with Gasteiger partial charge >= 0.3 is 6.18 Å². The van der Waals surface area contributed by atoms with Crippen LogP contribution in [0.5, 0.6) is 0 Å². The van der Waals surface area contributed by atoms with Gasteiger partial charge in [0, 0.05) is 10.6 Å². The molecule has 96 valence electrons. The lowest BCUT2D eigenvalue weighted by molar-refractivity contribution is -0.139. The van der Waals surface area contributed by atoms with Crippen LogP contribution in [0.3, 0.4) is 0 Å². The van der Waals surface area contributed by atoms with E-state index < -0.39 is 11.7 Å². The average molecular weight is 273 g/mol. The summed E-state index contributed by atoms with van der Waals surface area (Å²) < 4.78 is 43.5. The molecule has 0 atom stereocenters. The van der Waals surface area contributed by atoms with E-state index in [1.54, 1.807) is 12.1 Å². The molecule has 0 amide bonds. The van der Waals surface area contributed by atoms with E-state index >= 15 is 0 Å². The quantitative estimate of drug-likeness (QED) is 0.673. The van der Waals surface area contributed by atoms with Gasteiger partial charge in [-0.25, -0.2) is 0 Å². The van der Waals surface area contributed by atoms with Gasteiger partial charge in [0.2, 0.25) is 0 Å². The Bertz CT molecular complexity index is 523. The maximum Gasteiger partial charge on any atom is 0.417 e. The molecule has 2 rings (SSSR count). The average Bonchev–Trinajstić information content (AvgIpc) is 2.79. The highest BCUT2D eigenvalue weighted by Crippen LogP contribution is 2.38. The van der Waals surface area contributed by atoms with E-state index in [0.29, 0.717) is 11.5 Å². The maximum atomic E-state index is 12.8. The lowest BCUT2D eigenvalue weighted by Gasteiger charge is -2.12. The summed E-state index contributed by atoms with van der Waals surface area (Å²) in [6, 6.07) is 7.21. The van der Waals surface area contributed by atoms with E-state index in [1.807, 2.05) is 0 Å². The van der Waals surface area contributed by atoms with Crippen LogP contribution in [0, 0.1) is 0 Å². The Morgan fingerprint density at radius 3 is 2.61 bits per heavy atom. The Balaban J connectivity index is 2.22. The van der Waals surface area contributed by atoms with Crippen LogP contribution in [-0.2, 0) is 11.9 Å². The van der Waals surface area contributed by atoms with Gasteiger partial charge in [0.25, 0.3) is 0 Å². The second kappa shape index (κ2) is 4.97. The number of hydrogen-bond donors (Lipinski definition) is 1. The predicted molar refractivity (Wildman–Crippen MR) is 64.1 cm³/mol. The second-order valence-corrected chi connectivity index (χ2v) is 4.64. The smallest absolute Gasteiger partial charge is 0.417 e. The SMILES string of the molecule is Nc1ccc(SCc2ccco2)c(C(F)(F)F)c1. The molecule has 6 heteroatoms. The van der Waals surface area contributed by atoms with Gasteiger partial charge in [-0.2, -0.15) is 13.2 Å². The van der Waals surface area contributed by atoms with Crippen molar-refractivity contribution in [3.8, 4) is 0 Å². The van der Waals surface area contributed by atoms with Crippen LogP contribution in [0.4, 0.5) is 18.9 Å². The van der Waals surface area contributed by atoms with E-state index in [4.69, 9.17) is 10.2 Å². The third kappa shape index (κ3) is 3.01. The summed E-state index contributed by atoms with van der Waals surface area (Å²) >= 11 is 1.07. The summed E-state index contributed by atoms with van der Waals surface area (Å²) in [7, 11) is 0. The van der Waals surface area contributed by atoms with Crippen molar-refractivity contribution in [2.45, 2.75) is 16.8 Å². The molecule has 0 unspecified atom stereocenters. The molecule has 0 bridgehead atoms. The van der Waals surface area contributed by atoms with Gasteiger partial charge in [-0.1, -0.05) is 0 Å². The van der Waals surface area contributed by atoms with E-state index in [9.17, 15) is 13.2 Å². The molecule has 0 fully saturated rings. The van der Waals surface area contributed by atoms with Crippen molar-refractivity contribution in [1.82, 2.24) is 0 Å². The standard InChI is InChI=1S/C12H10F3NOS/c13-12(14,15)10-6-8(16)3-4-11(10)18-7-9-2-1-5-17-9/h1-6H,7,16H2. The third-order valence-electron chi connectivity index (χ3n) is 2.26. The lowest BCUT2D eigenvalue weighted by Crippen LogP contribution is -2.07. The highest BCUT2D eigenvalue weighted by atomic mass is 32.2. The molecule has 0 aliphatic heterocycles. The van der Waals surface area contributed by atoms with Crippen LogP contribution in [0.15, 0.2) is 45.9 Å². The Kier molecular flexibility index (Phi) is 3.56. The zero-order chi connectivity index (χ0) is 13.2. The molecule has 2 N–H and O–H groups in total. The molecular formula is C12H10F3NOS. The zero-order valence-corrected chi connectivity index (χ0v) is 10.0. The van der Waals surface area contributed by atoms with Crippen molar-refractivity contribution in [3.63, 3.8) is 0 Å². The molecule has 18 heavy (non-hydrogen) atoms. The minimum absolute atomic E-state index is 0.102. The van der Waals surface area contributed by atoms with Crippen molar-refractivity contribution in [2.75, 3.05) is 5.73 Å². The molecule has 1 aromatic heterocycles. The largest absolute Gasteiger partial charge is 0.468 e. The first-order chi connectivity index (χ1) is 8.47. The fourth-order valence-electron chi connectivity index (χ4n) is 1.44. The van der Waals surface area contributed by atoms with Crippen LogP contribution in [0.2, 0.25) is 0 Å². The molecule has 0 saturated heterocycles. The van der Waals surface area contributed by atoms with Crippen molar-refractivity contribution in [2.24, 2.45) is 0 Å². The highest BCUT2D eigenvalue weighted by molar-refractivity contribution is 7.98. The van der Waals surface area contributed by atoms with E-state index in [0.717, 1.165) is 17.8 Å². The van der Waals surface area contributed by atoms with E-state index in [1.165, 1.54) is 18.4 Å². The molecule has 2 nitrogen and oxygen atoms in total. The second-order valence-electron chi connectivity index (χ2n) is 3.62. The summed E-state index contributed by atoms with van der Waals surface area (Å²) in [6.07, 6.45) is -2.91. The normalized spacial score (nSPS) is 11.7. The summed E-state index contributed by atoms with van der Waals surface area (Å²) in [5.41, 5.74) is 4.78. The summed E-state index contributed by atoms with van der Waals surface area (Å²) in [4.78, 5) is 0.146. The Labute approximate surface area is 106 Å². The van der Waals surface area contributed by atoms with Crippen molar-refractivity contribution in [1.29, 1.82) is 0 Å². The van der Waals surface area contributed by atoms with Gasteiger partial charge in [-0.3, -0.25) is 0 Å². The van der Waals surface area contributed by atoms with Crippen LogP contribution in [0.1, 0.15) is 11.3 Å². The van der Waals surface area contributed by atoms with Gasteiger partial charge in [-0.05, 0) is 30.3 Å². The number of alkyl halides is 3. The Morgan fingerprint density at radius 2 is 2.00 bits per heavy atom. The fourth-order valence-corrected chi connectivity index (χ4v) is 2.40. The van der Waals surface area contributed by atoms with Gasteiger partial charge in [0.15, 0.2) is 0 Å². The number of rotatable bonds is 3. The molecule has 2 aromatic rings. The molecule has 0 saturated carbocycles. The summed E-state index contributed by atoms with van der Waals surface area (Å²) in [5, 5.41) is 0. The Hall–Kier alpha value is -1.56. The van der Waals surface area contributed by atoms with Gasteiger partial charge in [-0.15, -0.1) is 11.8 Å². The topological polar surface area (TPSA) is 39.2 Å². The summed E-state index contributed by atoms with van der Waals surface area (Å²) in [5.74, 6) is 0.977. The minimum atomic E-state index is -4.40. The van der Waals surface area contributed by atoms with Crippen LogP contribution in [0.25, 0.3) is 0 Å². The Morgan fingerprint density at radius 1 is 1.22 bits per heavy atom. The minimum Gasteiger partial charge on any atom is -0.468 e. The lowest BCUT2D eigenvalue weighted by atomic mass is 10.2. The van der Waals surface area contributed by atoms with E-state index in [-0.39, 0.29) is 10.6 Å². The number of hydrogen-bond acceptors (Lipinski definition) is 3. The zero-order valence-electron chi connectivity index (χ0n) is 9.20. The van der Waals surface area contributed by atoms with Crippen molar-refractivity contribution >= 4 is 17.4 Å². The van der Waals surface area contributed by atoms with Gasteiger partial charge in [0.05, 0.1) is 17.6 Å². The van der Waals surface area contributed by atoms with Crippen LogP contribution in [-0.4, -0.2) is 0 Å². The number of anilines is 1. The van der Waals surface area contributed by atoms with Crippen molar-refractivity contribution in [3.05, 3.63) is 47.9 Å². The first-order valence-electron chi connectivity index (χ1n) is 5.09. The van der Waals surface area contributed by atoms with Gasteiger partial charge < -0.3 is 10.2 Å². The monoisotopic (exact) mass is 273 g/mol. The van der Waals surface area contributed by atoms with Crippen molar-refractivity contribution < 1.29 is 17.6 Å². The fraction of sp³-hybridized carbons (Fsp3) is 0.167. The van der Waals surface area contributed by atoms with Crippen LogP contribution < -0.4 is 5.73 Å². The maximum absolute atomic E-state index is 12.8. The first-order valence-corrected chi connectivity index (χ1v) is 6.07. The number of benzene rings is 1. The summed E-state index contributed by atoms with van der Waals surface area (Å²) in [6.45, 7) is 0. The molecule has 1 aromatic carbocycles. The van der Waals surface area contributed by atoms with Gasteiger partial charge in [0.1, 0.15) is 5.76 Å². The molecule has 0 aliphatic carbocycles. The number of nitrogen functional groups attached to an aromatic ring is 1. The highest BCUT2D eigenvalue weighted by Gasteiger charge is 2.33. The number of furan rings is 1. The molecule has 0 spiro atoms. The molecular weight excluding hydrogens is 263 g/mol. The molecule has 0 aliphatic rings. The molecule has 1 heterocycles. The number of halogens is 3. The van der Waals surface area contributed by atoms with Crippen LogP contribution >= 0.6 is 11.8 Å². The number of thioether (sulfide) groups is 1. The predicted octanol–water partition coefficient (Wildman–Crippen LogP) is 4.17. The first kappa shape index (κ1) is 12.9. The van der Waals surface area contributed by atoms with E-state index in [2.05, 4.69) is 0 Å². The number of nitrogens with two attached hydrogens (primary N) is 1. The third-order valence-corrected chi connectivity index (χ3v) is 3.35.